The molecular weight excluding hydrogens is 178 g/mol. The summed E-state index contributed by atoms with van der Waals surface area (Å²) >= 11 is 0. The summed E-state index contributed by atoms with van der Waals surface area (Å²) in [7, 11) is 1.94. The number of rotatable bonds is 0. The number of terminal acetylenes is 1. The number of hydrogen-bond acceptors (Lipinski definition) is 3. The quantitative estimate of drug-likeness (QED) is 0.604. The van der Waals surface area contributed by atoms with Gasteiger partial charge < -0.3 is 14.6 Å². The van der Waals surface area contributed by atoms with Crippen molar-refractivity contribution in [3.05, 3.63) is 18.7 Å². The maximum atomic E-state index is 5.01. The van der Waals surface area contributed by atoms with E-state index in [1.165, 1.54) is 0 Å². The molecular formula is C10H17N3O. The van der Waals surface area contributed by atoms with Crippen LogP contribution in [-0.2, 0) is 11.8 Å². The number of morpholine rings is 1. The number of aryl methyl sites for hydroxylation is 1. The largest absolute Gasteiger partial charge is 0.379 e. The molecule has 0 amide bonds. The van der Waals surface area contributed by atoms with Crippen LogP contribution in [0.1, 0.15) is 0 Å². The second-order valence-corrected chi connectivity index (χ2v) is 2.59. The van der Waals surface area contributed by atoms with Crippen molar-refractivity contribution in [2.24, 2.45) is 7.05 Å². The molecule has 0 saturated carbocycles. The standard InChI is InChI=1S/C4H6N2.C4H9NO.C2H2/c1-6-3-2-5-4-6;1-3-6-4-2-5-1;1-2/h2-4H,1H3;5H,1-4H2;1-2H. The van der Waals surface area contributed by atoms with Gasteiger partial charge >= 0.3 is 0 Å². The van der Waals surface area contributed by atoms with Gasteiger partial charge in [0.2, 0.25) is 0 Å². The van der Waals surface area contributed by atoms with Crippen molar-refractivity contribution in [1.29, 1.82) is 0 Å². The van der Waals surface area contributed by atoms with E-state index in [0.29, 0.717) is 0 Å². The number of nitrogens with zero attached hydrogens (tertiary/aromatic N) is 2. The minimum atomic E-state index is 0.889. The molecule has 0 aromatic carbocycles. The molecule has 78 valence electrons. The van der Waals surface area contributed by atoms with E-state index in [0.717, 1.165) is 26.3 Å². The Labute approximate surface area is 85.3 Å². The number of imidazole rings is 1. The van der Waals surface area contributed by atoms with Gasteiger partial charge in [0.15, 0.2) is 0 Å². The normalized spacial score (nSPS) is 14.2. The molecule has 1 aliphatic heterocycles. The number of ether oxygens (including phenoxy) is 1. The first-order valence-corrected chi connectivity index (χ1v) is 4.43. The molecule has 0 spiro atoms. The summed E-state index contributed by atoms with van der Waals surface area (Å²) in [6, 6.07) is 0. The number of aromatic nitrogens is 2. The maximum Gasteiger partial charge on any atom is 0.0943 e. The van der Waals surface area contributed by atoms with Crippen molar-refractivity contribution in [3.8, 4) is 12.8 Å². The van der Waals surface area contributed by atoms with E-state index in [1.54, 1.807) is 12.5 Å². The minimum absolute atomic E-state index is 0.889. The van der Waals surface area contributed by atoms with Crippen LogP contribution in [-0.4, -0.2) is 35.9 Å². The molecule has 1 aromatic heterocycles. The molecule has 2 heterocycles. The highest BCUT2D eigenvalue weighted by Gasteiger charge is 1.92. The third-order valence-electron chi connectivity index (χ3n) is 1.48. The van der Waals surface area contributed by atoms with Crippen LogP contribution >= 0.6 is 0 Å². The van der Waals surface area contributed by atoms with Crippen molar-refractivity contribution in [2.45, 2.75) is 0 Å². The van der Waals surface area contributed by atoms with Crippen molar-refractivity contribution < 1.29 is 4.74 Å². The predicted octanol–water partition coefficient (Wildman–Crippen LogP) is 0.276. The van der Waals surface area contributed by atoms with Crippen LogP contribution in [0.5, 0.6) is 0 Å². The molecule has 0 bridgehead atoms. The lowest BCUT2D eigenvalue weighted by Crippen LogP contribution is -2.30. The lowest BCUT2D eigenvalue weighted by Gasteiger charge is -2.10. The van der Waals surface area contributed by atoms with Gasteiger partial charge in [-0.05, 0) is 0 Å². The molecule has 0 atom stereocenters. The Bertz CT molecular complexity index is 203. The van der Waals surface area contributed by atoms with Gasteiger partial charge in [-0.1, -0.05) is 0 Å². The van der Waals surface area contributed by atoms with E-state index < -0.39 is 0 Å². The fourth-order valence-corrected chi connectivity index (χ4v) is 0.842. The van der Waals surface area contributed by atoms with Crippen LogP contribution < -0.4 is 5.32 Å². The topological polar surface area (TPSA) is 39.1 Å². The highest BCUT2D eigenvalue weighted by molar-refractivity contribution is 4.70. The highest BCUT2D eigenvalue weighted by Crippen LogP contribution is 1.76. The van der Waals surface area contributed by atoms with Crippen molar-refractivity contribution in [2.75, 3.05) is 26.3 Å². The van der Waals surface area contributed by atoms with Crippen LogP contribution in [0.4, 0.5) is 0 Å². The van der Waals surface area contributed by atoms with Gasteiger partial charge in [-0.3, -0.25) is 0 Å². The van der Waals surface area contributed by atoms with Gasteiger partial charge in [0.1, 0.15) is 0 Å². The Morgan fingerprint density at radius 2 is 2.00 bits per heavy atom. The van der Waals surface area contributed by atoms with E-state index in [9.17, 15) is 0 Å². The van der Waals surface area contributed by atoms with Crippen LogP contribution in [0.15, 0.2) is 18.7 Å². The van der Waals surface area contributed by atoms with Crippen molar-refractivity contribution >= 4 is 0 Å². The van der Waals surface area contributed by atoms with Gasteiger partial charge in [0.05, 0.1) is 19.5 Å². The van der Waals surface area contributed by atoms with Crippen molar-refractivity contribution in [1.82, 2.24) is 14.9 Å². The lowest BCUT2D eigenvalue weighted by molar-refractivity contribution is 0.109. The molecule has 1 aromatic rings. The van der Waals surface area contributed by atoms with Crippen LogP contribution in [0.25, 0.3) is 0 Å². The summed E-state index contributed by atoms with van der Waals surface area (Å²) in [6.07, 6.45) is 13.4. The zero-order valence-electron chi connectivity index (χ0n) is 8.52. The van der Waals surface area contributed by atoms with E-state index in [2.05, 4.69) is 23.1 Å². The van der Waals surface area contributed by atoms with Crippen molar-refractivity contribution in [3.63, 3.8) is 0 Å². The molecule has 1 saturated heterocycles. The Hall–Kier alpha value is -1.31. The fraction of sp³-hybridized carbons (Fsp3) is 0.500. The molecule has 0 aliphatic carbocycles. The van der Waals surface area contributed by atoms with Gasteiger partial charge in [-0.2, -0.15) is 0 Å². The monoisotopic (exact) mass is 195 g/mol. The number of nitrogens with one attached hydrogen (secondary N) is 1. The van der Waals surface area contributed by atoms with Crippen LogP contribution in [0, 0.1) is 12.8 Å². The third-order valence-corrected chi connectivity index (χ3v) is 1.48. The fourth-order valence-electron chi connectivity index (χ4n) is 0.842. The van der Waals surface area contributed by atoms with Gasteiger partial charge in [0, 0.05) is 32.5 Å². The summed E-state index contributed by atoms with van der Waals surface area (Å²) in [5.41, 5.74) is 0. The first kappa shape index (κ1) is 12.7. The lowest BCUT2D eigenvalue weighted by atomic mass is 10.5. The Morgan fingerprint density at radius 3 is 2.14 bits per heavy atom. The molecule has 4 heteroatoms. The summed E-state index contributed by atoms with van der Waals surface area (Å²) < 4.78 is 6.90. The average Bonchev–Trinajstić information content (AvgIpc) is 2.76. The third kappa shape index (κ3) is 7.35. The molecule has 1 aliphatic rings. The summed E-state index contributed by atoms with van der Waals surface area (Å²) in [6.45, 7) is 3.83. The minimum Gasteiger partial charge on any atom is -0.379 e. The second-order valence-electron chi connectivity index (χ2n) is 2.59. The van der Waals surface area contributed by atoms with E-state index in [1.807, 2.05) is 17.8 Å². The molecule has 1 N–H and O–H groups in total. The first-order chi connectivity index (χ1) is 6.89. The first-order valence-electron chi connectivity index (χ1n) is 4.43. The Balaban J connectivity index is 0.000000206. The average molecular weight is 195 g/mol. The summed E-state index contributed by atoms with van der Waals surface area (Å²) in [4.78, 5) is 3.78. The Kier molecular flexibility index (Phi) is 8.86. The second kappa shape index (κ2) is 9.78. The zero-order chi connectivity index (χ0) is 10.6. The van der Waals surface area contributed by atoms with E-state index >= 15 is 0 Å². The molecule has 1 fully saturated rings. The number of hydrogen-bond donors (Lipinski definition) is 1. The molecule has 0 unspecified atom stereocenters. The SMILES string of the molecule is C#C.C1COCCN1.Cn1ccnc1. The molecule has 0 radical (unpaired) electrons. The predicted molar refractivity (Wildman–Crippen MR) is 56.8 cm³/mol. The van der Waals surface area contributed by atoms with Crippen LogP contribution in [0.3, 0.4) is 0 Å². The highest BCUT2D eigenvalue weighted by atomic mass is 16.5. The Morgan fingerprint density at radius 1 is 1.36 bits per heavy atom. The van der Waals surface area contributed by atoms with E-state index in [4.69, 9.17) is 4.74 Å². The summed E-state index contributed by atoms with van der Waals surface area (Å²) in [5.74, 6) is 0. The summed E-state index contributed by atoms with van der Waals surface area (Å²) in [5, 5.41) is 3.16. The smallest absolute Gasteiger partial charge is 0.0943 e. The zero-order valence-corrected chi connectivity index (χ0v) is 8.52. The van der Waals surface area contributed by atoms with Gasteiger partial charge in [-0.15, -0.1) is 12.8 Å². The molecule has 2 rings (SSSR count). The van der Waals surface area contributed by atoms with Crippen LogP contribution in [0.2, 0.25) is 0 Å². The molecule has 14 heavy (non-hydrogen) atoms. The van der Waals surface area contributed by atoms with E-state index in [-0.39, 0.29) is 0 Å². The molecule has 4 nitrogen and oxygen atoms in total. The van der Waals surface area contributed by atoms with Gasteiger partial charge in [-0.25, -0.2) is 4.98 Å². The van der Waals surface area contributed by atoms with Gasteiger partial charge in [0.25, 0.3) is 0 Å². The maximum absolute atomic E-state index is 5.01.